The molecule has 1 heterocycles. The number of nitrogens with zero attached hydrogens (tertiary/aromatic N) is 1. The average Bonchev–Trinajstić information content (AvgIpc) is 3.36. The molecule has 1 saturated carbocycles. The van der Waals surface area contributed by atoms with Crippen LogP contribution in [-0.4, -0.2) is 30.4 Å². The molecule has 126 valence electrons. The quantitative estimate of drug-likeness (QED) is 0.923. The lowest BCUT2D eigenvalue weighted by atomic mass is 9.63. The number of likely N-dealkylation sites (tertiary alicyclic amines) is 1. The van der Waals surface area contributed by atoms with Crippen LogP contribution in [0.3, 0.4) is 0 Å². The Balaban J connectivity index is 0.00000169. The Morgan fingerprint density at radius 1 is 1.22 bits per heavy atom. The standard InChI is InChI=1S/C20H28N2O.H2/c1-15(23)21-19-8-9-20(18-5-3-2-4-17(18)19)10-12-22(13-11-20)14-16-6-7-16;/h2-5,16,19H,6-14H2,1H3,(H,21,23);1H/t19-;/m0./s1. The number of piperidine rings is 1. The summed E-state index contributed by atoms with van der Waals surface area (Å²) in [6, 6.07) is 9.05. The third-order valence-electron chi connectivity index (χ3n) is 6.22. The summed E-state index contributed by atoms with van der Waals surface area (Å²) in [7, 11) is 0. The van der Waals surface area contributed by atoms with E-state index in [1.165, 1.54) is 62.9 Å². The highest BCUT2D eigenvalue weighted by Crippen LogP contribution is 2.48. The van der Waals surface area contributed by atoms with Gasteiger partial charge in [-0.15, -0.1) is 0 Å². The number of hydrogen-bond acceptors (Lipinski definition) is 2. The maximum Gasteiger partial charge on any atom is 0.217 e. The zero-order valence-corrected chi connectivity index (χ0v) is 14.2. The van der Waals surface area contributed by atoms with Crippen LogP contribution in [0.1, 0.15) is 64.0 Å². The minimum atomic E-state index is 0. The van der Waals surface area contributed by atoms with Gasteiger partial charge in [0, 0.05) is 14.9 Å². The number of benzene rings is 1. The van der Waals surface area contributed by atoms with Gasteiger partial charge in [-0.25, -0.2) is 0 Å². The van der Waals surface area contributed by atoms with E-state index in [-0.39, 0.29) is 13.4 Å². The molecule has 1 aromatic rings. The van der Waals surface area contributed by atoms with Crippen molar-refractivity contribution in [1.82, 2.24) is 10.2 Å². The third kappa shape index (κ3) is 3.03. The van der Waals surface area contributed by atoms with Crippen LogP contribution in [0.5, 0.6) is 0 Å². The molecule has 0 unspecified atom stereocenters. The van der Waals surface area contributed by atoms with Gasteiger partial charge >= 0.3 is 0 Å². The molecule has 1 amide bonds. The van der Waals surface area contributed by atoms with Gasteiger partial charge in [0.2, 0.25) is 5.91 Å². The second kappa shape index (κ2) is 5.94. The first-order valence-corrected chi connectivity index (χ1v) is 9.25. The third-order valence-corrected chi connectivity index (χ3v) is 6.22. The van der Waals surface area contributed by atoms with Gasteiger partial charge in [0.05, 0.1) is 6.04 Å². The van der Waals surface area contributed by atoms with E-state index in [9.17, 15) is 4.79 Å². The lowest BCUT2D eigenvalue weighted by Gasteiger charge is -2.47. The van der Waals surface area contributed by atoms with Crippen molar-refractivity contribution in [3.63, 3.8) is 0 Å². The van der Waals surface area contributed by atoms with E-state index in [4.69, 9.17) is 0 Å². The topological polar surface area (TPSA) is 32.3 Å². The van der Waals surface area contributed by atoms with Gasteiger partial charge in [0.1, 0.15) is 0 Å². The summed E-state index contributed by atoms with van der Waals surface area (Å²) in [5.74, 6) is 1.08. The molecule has 2 fully saturated rings. The Bertz CT molecular complexity index is 591. The Kier molecular flexibility index (Phi) is 3.92. The molecule has 0 radical (unpaired) electrons. The number of carbonyl (C=O) groups excluding carboxylic acids is 1. The molecule has 1 saturated heterocycles. The Morgan fingerprint density at radius 2 is 1.96 bits per heavy atom. The number of amides is 1. The van der Waals surface area contributed by atoms with Crippen LogP contribution in [0, 0.1) is 5.92 Å². The van der Waals surface area contributed by atoms with Gasteiger partial charge < -0.3 is 10.2 Å². The van der Waals surface area contributed by atoms with Crippen molar-refractivity contribution in [3.8, 4) is 0 Å². The van der Waals surface area contributed by atoms with Crippen LogP contribution < -0.4 is 5.32 Å². The Labute approximate surface area is 140 Å². The second-order valence-corrected chi connectivity index (χ2v) is 7.90. The molecule has 0 aromatic heterocycles. The first kappa shape index (κ1) is 15.2. The first-order chi connectivity index (χ1) is 11.2. The summed E-state index contributed by atoms with van der Waals surface area (Å²) >= 11 is 0. The van der Waals surface area contributed by atoms with Crippen molar-refractivity contribution >= 4 is 5.91 Å². The fourth-order valence-electron chi connectivity index (χ4n) is 4.74. The van der Waals surface area contributed by atoms with Crippen LogP contribution in [0.2, 0.25) is 0 Å². The van der Waals surface area contributed by atoms with E-state index in [1.807, 2.05) is 0 Å². The Morgan fingerprint density at radius 3 is 2.65 bits per heavy atom. The van der Waals surface area contributed by atoms with Crippen molar-refractivity contribution in [2.45, 2.75) is 56.9 Å². The van der Waals surface area contributed by atoms with Crippen LogP contribution in [0.4, 0.5) is 0 Å². The SMILES string of the molecule is CC(=O)N[C@H]1CCC2(CCN(CC3CC3)CC2)c2ccccc21.[HH]. The number of carbonyl (C=O) groups is 1. The second-order valence-electron chi connectivity index (χ2n) is 7.90. The van der Waals surface area contributed by atoms with Crippen molar-refractivity contribution in [2.24, 2.45) is 5.92 Å². The largest absolute Gasteiger partial charge is 0.350 e. The van der Waals surface area contributed by atoms with Gasteiger partial charge in [0.15, 0.2) is 0 Å². The summed E-state index contributed by atoms with van der Waals surface area (Å²) in [6.45, 7) is 5.45. The fraction of sp³-hybridized carbons (Fsp3) is 0.650. The number of hydrogen-bond donors (Lipinski definition) is 1. The van der Waals surface area contributed by atoms with Gasteiger partial charge in [-0.05, 0) is 74.1 Å². The highest BCUT2D eigenvalue weighted by Gasteiger charge is 2.42. The molecule has 1 aliphatic heterocycles. The van der Waals surface area contributed by atoms with Crippen LogP contribution in [0.25, 0.3) is 0 Å². The predicted octanol–water partition coefficient (Wildman–Crippen LogP) is 3.65. The molecule has 1 N–H and O–H groups in total. The molecular weight excluding hydrogens is 284 g/mol. The van der Waals surface area contributed by atoms with Gasteiger partial charge in [-0.3, -0.25) is 4.79 Å². The normalized spacial score (nSPS) is 26.7. The molecule has 1 spiro atoms. The maximum atomic E-state index is 11.5. The van der Waals surface area contributed by atoms with Crippen LogP contribution in [-0.2, 0) is 10.2 Å². The van der Waals surface area contributed by atoms with Gasteiger partial charge in [0.25, 0.3) is 0 Å². The molecule has 1 atom stereocenters. The van der Waals surface area contributed by atoms with E-state index in [1.54, 1.807) is 6.92 Å². The summed E-state index contributed by atoms with van der Waals surface area (Å²) < 4.78 is 0. The van der Waals surface area contributed by atoms with Gasteiger partial charge in [-0.2, -0.15) is 0 Å². The summed E-state index contributed by atoms with van der Waals surface area (Å²) in [6.07, 6.45) is 7.75. The van der Waals surface area contributed by atoms with Crippen LogP contribution >= 0.6 is 0 Å². The molecule has 2 aliphatic carbocycles. The fourth-order valence-corrected chi connectivity index (χ4v) is 4.74. The zero-order chi connectivity index (χ0) is 15.9. The predicted molar refractivity (Wildman–Crippen MR) is 94.4 cm³/mol. The van der Waals surface area contributed by atoms with E-state index in [0.717, 1.165) is 12.3 Å². The van der Waals surface area contributed by atoms with Crippen LogP contribution in [0.15, 0.2) is 24.3 Å². The van der Waals surface area contributed by atoms with E-state index < -0.39 is 0 Å². The van der Waals surface area contributed by atoms with E-state index in [0.29, 0.717) is 5.41 Å². The van der Waals surface area contributed by atoms with E-state index >= 15 is 0 Å². The Hall–Kier alpha value is -1.35. The smallest absolute Gasteiger partial charge is 0.217 e. The lowest BCUT2D eigenvalue weighted by molar-refractivity contribution is -0.119. The number of rotatable bonds is 3. The summed E-state index contributed by atoms with van der Waals surface area (Å²) in [5.41, 5.74) is 3.23. The monoisotopic (exact) mass is 314 g/mol. The molecule has 1 aromatic carbocycles. The minimum absolute atomic E-state index is 0. The molecule has 0 bridgehead atoms. The average molecular weight is 314 g/mol. The first-order valence-electron chi connectivity index (χ1n) is 9.25. The van der Waals surface area contributed by atoms with Gasteiger partial charge in [-0.1, -0.05) is 24.3 Å². The molecule has 3 aliphatic rings. The van der Waals surface area contributed by atoms with E-state index in [2.05, 4.69) is 34.5 Å². The molecule has 4 rings (SSSR count). The zero-order valence-electron chi connectivity index (χ0n) is 14.2. The molecular formula is C20H30N2O. The number of fused-ring (bicyclic) bond motifs is 2. The summed E-state index contributed by atoms with van der Waals surface area (Å²) in [4.78, 5) is 14.2. The molecule has 23 heavy (non-hydrogen) atoms. The van der Waals surface area contributed by atoms with Crippen molar-refractivity contribution in [2.75, 3.05) is 19.6 Å². The van der Waals surface area contributed by atoms with Crippen molar-refractivity contribution < 1.29 is 6.22 Å². The minimum Gasteiger partial charge on any atom is -0.350 e. The summed E-state index contributed by atoms with van der Waals surface area (Å²) in [5, 5.41) is 3.15. The maximum absolute atomic E-state index is 11.5. The van der Waals surface area contributed by atoms with Crippen molar-refractivity contribution in [1.29, 1.82) is 0 Å². The molecule has 3 heteroatoms. The highest BCUT2D eigenvalue weighted by atomic mass is 16.1. The van der Waals surface area contributed by atoms with Crippen molar-refractivity contribution in [3.05, 3.63) is 35.4 Å². The number of nitrogens with one attached hydrogen (secondary N) is 1. The lowest BCUT2D eigenvalue weighted by Crippen LogP contribution is -2.46. The molecule has 3 nitrogen and oxygen atoms in total. The highest BCUT2D eigenvalue weighted by molar-refractivity contribution is 5.73.